The number of carbonyl (C=O) groups is 1. The lowest BCUT2D eigenvalue weighted by molar-refractivity contribution is -0.274. The molecule has 1 aromatic heterocycles. The largest absolute Gasteiger partial charge is 0.573 e. The Bertz CT molecular complexity index is 1250. The molecule has 1 saturated heterocycles. The third kappa shape index (κ3) is 5.33. The highest BCUT2D eigenvalue weighted by atomic mass is 19.4. The van der Waals surface area contributed by atoms with E-state index < -0.39 is 23.8 Å². The predicted molar refractivity (Wildman–Crippen MR) is 126 cm³/mol. The van der Waals surface area contributed by atoms with E-state index in [4.69, 9.17) is 5.73 Å². The van der Waals surface area contributed by atoms with Crippen molar-refractivity contribution in [2.24, 2.45) is 5.73 Å². The van der Waals surface area contributed by atoms with Crippen LogP contribution in [0.1, 0.15) is 60.0 Å². The lowest BCUT2D eigenvalue weighted by Gasteiger charge is -2.32. The van der Waals surface area contributed by atoms with Crippen LogP contribution >= 0.6 is 0 Å². The normalized spacial score (nSPS) is 15.0. The summed E-state index contributed by atoms with van der Waals surface area (Å²) >= 11 is 0. The van der Waals surface area contributed by atoms with Crippen LogP contribution in [-0.2, 0) is 13.1 Å². The zero-order valence-corrected chi connectivity index (χ0v) is 19.9. The van der Waals surface area contributed by atoms with Crippen LogP contribution in [0.5, 0.6) is 5.75 Å². The van der Waals surface area contributed by atoms with Gasteiger partial charge in [-0.15, -0.1) is 13.2 Å². The molecule has 0 spiro atoms. The summed E-state index contributed by atoms with van der Waals surface area (Å²) in [6.07, 6.45) is -1.21. The molecular formula is C26H28F5N3O2. The molecule has 1 amide bonds. The molecule has 1 fully saturated rings. The van der Waals surface area contributed by atoms with Gasteiger partial charge in [0.1, 0.15) is 17.4 Å². The second-order valence-electron chi connectivity index (χ2n) is 9.03. The van der Waals surface area contributed by atoms with Gasteiger partial charge < -0.3 is 19.9 Å². The van der Waals surface area contributed by atoms with Crippen molar-refractivity contribution in [2.75, 3.05) is 13.1 Å². The summed E-state index contributed by atoms with van der Waals surface area (Å²) in [5.74, 6) is -2.31. The van der Waals surface area contributed by atoms with Gasteiger partial charge in [-0.25, -0.2) is 8.78 Å². The number of benzene rings is 2. The summed E-state index contributed by atoms with van der Waals surface area (Å²) in [5.41, 5.74) is 6.89. The molecule has 36 heavy (non-hydrogen) atoms. The van der Waals surface area contributed by atoms with Gasteiger partial charge in [-0.05, 0) is 54.5 Å². The van der Waals surface area contributed by atoms with E-state index >= 15 is 0 Å². The Balaban J connectivity index is 1.65. The van der Waals surface area contributed by atoms with E-state index in [-0.39, 0.29) is 47.8 Å². The molecule has 2 heterocycles. The number of unbranched alkanes of at least 4 members (excludes halogenated alkanes) is 1. The van der Waals surface area contributed by atoms with Crippen molar-refractivity contribution in [1.82, 2.24) is 9.47 Å². The van der Waals surface area contributed by atoms with Gasteiger partial charge in [0.2, 0.25) is 0 Å². The number of alkyl halides is 3. The molecule has 4 rings (SSSR count). The van der Waals surface area contributed by atoms with Crippen molar-refractivity contribution in [2.45, 2.75) is 58.0 Å². The van der Waals surface area contributed by atoms with Crippen LogP contribution in [-0.4, -0.2) is 34.8 Å². The summed E-state index contributed by atoms with van der Waals surface area (Å²) in [7, 11) is 0. The van der Waals surface area contributed by atoms with Crippen molar-refractivity contribution in [1.29, 1.82) is 0 Å². The van der Waals surface area contributed by atoms with Gasteiger partial charge >= 0.3 is 6.36 Å². The first-order chi connectivity index (χ1) is 17.1. The molecule has 2 aromatic carbocycles. The average molecular weight is 510 g/mol. The number of aryl methyl sites for hydroxylation is 1. The fourth-order valence-electron chi connectivity index (χ4n) is 4.85. The molecule has 5 nitrogen and oxygen atoms in total. The quantitative estimate of drug-likeness (QED) is 0.392. The molecule has 2 N–H and O–H groups in total. The van der Waals surface area contributed by atoms with Gasteiger partial charge in [0.25, 0.3) is 5.91 Å². The fraction of sp³-hybridized carbons (Fsp3) is 0.423. The molecule has 10 heteroatoms. The third-order valence-corrected chi connectivity index (χ3v) is 6.66. The highest BCUT2D eigenvalue weighted by Gasteiger charge is 2.35. The minimum absolute atomic E-state index is 0.0467. The zero-order valence-electron chi connectivity index (χ0n) is 19.9. The topological polar surface area (TPSA) is 60.5 Å². The number of piperidine rings is 1. The predicted octanol–water partition coefficient (Wildman–Crippen LogP) is 6.10. The Morgan fingerprint density at radius 3 is 2.44 bits per heavy atom. The number of amides is 1. The standard InChI is InChI=1S/C26H28F5N3O2/c1-2-3-10-34-15-19(23-22(36-26(29,30)31)7-6-21(28)24(23)34)25(35)33-11-8-17(9-12-33)18-13-16(14-32)4-5-20(18)27/h4-7,13,15,17H,2-3,8-12,14,32H2,1H3. The number of likely N-dealkylation sites (tertiary alicyclic amines) is 1. The number of rotatable bonds is 7. The highest BCUT2D eigenvalue weighted by Crippen LogP contribution is 2.38. The van der Waals surface area contributed by atoms with E-state index in [2.05, 4.69) is 4.74 Å². The van der Waals surface area contributed by atoms with Crippen LogP contribution < -0.4 is 10.5 Å². The average Bonchev–Trinajstić information content (AvgIpc) is 3.24. The molecule has 1 aliphatic heterocycles. The van der Waals surface area contributed by atoms with Gasteiger partial charge in [0, 0.05) is 32.4 Å². The Morgan fingerprint density at radius 1 is 1.11 bits per heavy atom. The van der Waals surface area contributed by atoms with Gasteiger partial charge in [0.15, 0.2) is 0 Å². The minimum atomic E-state index is -5.00. The number of hydrogen-bond acceptors (Lipinski definition) is 3. The maximum absolute atomic E-state index is 14.8. The second-order valence-corrected chi connectivity index (χ2v) is 9.03. The molecule has 0 aliphatic carbocycles. The molecule has 0 atom stereocenters. The van der Waals surface area contributed by atoms with Crippen LogP contribution in [0.15, 0.2) is 36.5 Å². The number of hydrogen-bond donors (Lipinski definition) is 1. The Kier molecular flexibility index (Phi) is 7.54. The first kappa shape index (κ1) is 25.9. The maximum atomic E-state index is 14.8. The molecule has 3 aromatic rings. The summed E-state index contributed by atoms with van der Waals surface area (Å²) in [6.45, 7) is 3.12. The smallest absolute Gasteiger partial charge is 0.405 e. The summed E-state index contributed by atoms with van der Waals surface area (Å²) in [4.78, 5) is 15.0. The zero-order chi connectivity index (χ0) is 26.0. The number of nitrogens with two attached hydrogens (primary N) is 1. The monoisotopic (exact) mass is 509 g/mol. The number of ether oxygens (including phenoxy) is 1. The molecule has 0 saturated carbocycles. The molecule has 0 unspecified atom stereocenters. The van der Waals surface area contributed by atoms with E-state index in [1.807, 2.05) is 6.92 Å². The number of halogens is 5. The van der Waals surface area contributed by atoms with E-state index in [1.165, 1.54) is 21.7 Å². The third-order valence-electron chi connectivity index (χ3n) is 6.66. The summed E-state index contributed by atoms with van der Waals surface area (Å²) in [6, 6.07) is 6.56. The summed E-state index contributed by atoms with van der Waals surface area (Å²) < 4.78 is 74.2. The lowest BCUT2D eigenvalue weighted by atomic mass is 9.88. The maximum Gasteiger partial charge on any atom is 0.573 e. The lowest BCUT2D eigenvalue weighted by Crippen LogP contribution is -2.38. The fourth-order valence-corrected chi connectivity index (χ4v) is 4.85. The number of nitrogens with zero attached hydrogens (tertiary/aromatic N) is 2. The van der Waals surface area contributed by atoms with Gasteiger partial charge in [-0.3, -0.25) is 4.79 Å². The van der Waals surface area contributed by atoms with Gasteiger partial charge in [0.05, 0.1) is 16.5 Å². The Labute approximate surface area is 205 Å². The van der Waals surface area contributed by atoms with E-state index in [9.17, 15) is 26.7 Å². The Hall–Kier alpha value is -3.14. The van der Waals surface area contributed by atoms with Crippen molar-refractivity contribution >= 4 is 16.8 Å². The highest BCUT2D eigenvalue weighted by molar-refractivity contribution is 6.09. The minimum Gasteiger partial charge on any atom is -0.405 e. The molecule has 0 radical (unpaired) electrons. The van der Waals surface area contributed by atoms with Gasteiger partial charge in [-0.1, -0.05) is 25.5 Å². The van der Waals surface area contributed by atoms with Crippen LogP contribution in [0, 0.1) is 11.6 Å². The van der Waals surface area contributed by atoms with Crippen LogP contribution in [0.25, 0.3) is 10.9 Å². The SMILES string of the molecule is CCCCn1cc(C(=O)N2CCC(c3cc(CN)ccc3F)CC2)c2c(OC(F)(F)F)ccc(F)c21. The van der Waals surface area contributed by atoms with Crippen LogP contribution in [0.4, 0.5) is 22.0 Å². The first-order valence-corrected chi connectivity index (χ1v) is 12.0. The van der Waals surface area contributed by atoms with Crippen LogP contribution in [0.2, 0.25) is 0 Å². The first-order valence-electron chi connectivity index (χ1n) is 12.0. The summed E-state index contributed by atoms with van der Waals surface area (Å²) in [5, 5.41) is -0.197. The number of aromatic nitrogens is 1. The second kappa shape index (κ2) is 10.5. The number of carbonyl (C=O) groups excluding carboxylic acids is 1. The van der Waals surface area contributed by atoms with E-state index in [0.717, 1.165) is 24.1 Å². The number of fused-ring (bicyclic) bond motifs is 1. The van der Waals surface area contributed by atoms with Gasteiger partial charge in [-0.2, -0.15) is 0 Å². The van der Waals surface area contributed by atoms with Crippen LogP contribution in [0.3, 0.4) is 0 Å². The molecule has 1 aliphatic rings. The molecule has 0 bridgehead atoms. The van der Waals surface area contributed by atoms with Crippen molar-refractivity contribution in [3.8, 4) is 5.75 Å². The molecule has 194 valence electrons. The molecular weight excluding hydrogens is 481 g/mol. The Morgan fingerprint density at radius 2 is 1.81 bits per heavy atom. The van der Waals surface area contributed by atoms with E-state index in [0.29, 0.717) is 31.4 Å². The van der Waals surface area contributed by atoms with Crippen molar-refractivity contribution in [3.63, 3.8) is 0 Å². The van der Waals surface area contributed by atoms with Crippen molar-refractivity contribution < 1.29 is 31.5 Å². The van der Waals surface area contributed by atoms with Crippen molar-refractivity contribution in [3.05, 3.63) is 64.9 Å². The van der Waals surface area contributed by atoms with E-state index in [1.54, 1.807) is 12.1 Å².